The third kappa shape index (κ3) is 2.87. The lowest BCUT2D eigenvalue weighted by atomic mass is 9.72. The highest BCUT2D eigenvalue weighted by Crippen LogP contribution is 2.46. The van der Waals surface area contributed by atoms with E-state index >= 15 is 0 Å². The third-order valence-corrected chi connectivity index (χ3v) is 7.91. The van der Waals surface area contributed by atoms with Crippen LogP contribution in [0.3, 0.4) is 0 Å². The Morgan fingerprint density at radius 3 is 2.48 bits per heavy atom. The summed E-state index contributed by atoms with van der Waals surface area (Å²) in [6, 6.07) is 24.4. The van der Waals surface area contributed by atoms with Gasteiger partial charge in [-0.2, -0.15) is 0 Å². The summed E-state index contributed by atoms with van der Waals surface area (Å²) in [7, 11) is 0. The van der Waals surface area contributed by atoms with E-state index < -0.39 is 0 Å². The molecule has 31 heavy (non-hydrogen) atoms. The van der Waals surface area contributed by atoms with Crippen LogP contribution in [-0.2, 0) is 24.9 Å². The molecule has 0 bridgehead atoms. The van der Waals surface area contributed by atoms with E-state index in [9.17, 15) is 5.11 Å². The molecule has 1 saturated heterocycles. The number of piperidine rings is 1. The molecule has 2 aliphatic rings. The third-order valence-electron chi connectivity index (χ3n) is 7.91. The Balaban J connectivity index is 1.25. The fraction of sp³-hybridized carbons (Fsp3) is 0.357. The normalized spacial score (nSPS) is 20.6. The molecule has 1 fully saturated rings. The maximum Gasteiger partial charge on any atom is 0.0678 e. The second-order valence-corrected chi connectivity index (χ2v) is 9.42. The molecule has 3 heteroatoms. The van der Waals surface area contributed by atoms with Gasteiger partial charge in [-0.1, -0.05) is 48.5 Å². The minimum atomic E-state index is -0.233. The van der Waals surface area contributed by atoms with Crippen molar-refractivity contribution in [3.8, 4) is 0 Å². The summed E-state index contributed by atoms with van der Waals surface area (Å²) in [5, 5.41) is 13.6. The Bertz CT molecular complexity index is 1260. The van der Waals surface area contributed by atoms with Crippen LogP contribution in [0.2, 0.25) is 0 Å². The molecule has 158 valence electrons. The van der Waals surface area contributed by atoms with E-state index in [0.717, 1.165) is 45.4 Å². The maximum absolute atomic E-state index is 10.9. The lowest BCUT2D eigenvalue weighted by Gasteiger charge is -2.42. The Kier molecular flexibility index (Phi) is 4.45. The molecular weight excluding hydrogens is 380 g/mol. The number of nitrogens with zero attached hydrogens (tertiary/aromatic N) is 2. The van der Waals surface area contributed by atoms with Gasteiger partial charge in [-0.3, -0.25) is 4.90 Å². The largest absolute Gasteiger partial charge is 0.392 e. The molecule has 1 aromatic heterocycles. The molecule has 1 unspecified atom stereocenters. The highest BCUT2D eigenvalue weighted by molar-refractivity contribution is 6.08. The van der Waals surface area contributed by atoms with Crippen molar-refractivity contribution in [1.29, 1.82) is 0 Å². The Morgan fingerprint density at radius 2 is 1.65 bits per heavy atom. The first kappa shape index (κ1) is 19.1. The molecule has 3 nitrogen and oxygen atoms in total. The number of hydrogen-bond acceptors (Lipinski definition) is 2. The molecule has 1 atom stereocenters. The predicted molar refractivity (Wildman–Crippen MR) is 127 cm³/mol. The average Bonchev–Trinajstić information content (AvgIpc) is 3.27. The number of fused-ring (bicyclic) bond motifs is 5. The van der Waals surface area contributed by atoms with Crippen LogP contribution in [0.15, 0.2) is 66.7 Å². The number of benzene rings is 3. The zero-order valence-corrected chi connectivity index (χ0v) is 18.2. The van der Waals surface area contributed by atoms with Crippen molar-refractivity contribution >= 4 is 21.8 Å². The van der Waals surface area contributed by atoms with Crippen molar-refractivity contribution in [1.82, 2.24) is 9.47 Å². The summed E-state index contributed by atoms with van der Waals surface area (Å²) in [4.78, 5) is 2.57. The van der Waals surface area contributed by atoms with Gasteiger partial charge in [-0.15, -0.1) is 0 Å². The lowest BCUT2D eigenvalue weighted by Crippen LogP contribution is -2.47. The minimum absolute atomic E-state index is 0.0361. The fourth-order valence-corrected chi connectivity index (χ4v) is 6.28. The van der Waals surface area contributed by atoms with E-state index in [-0.39, 0.29) is 11.5 Å². The smallest absolute Gasteiger partial charge is 0.0678 e. The van der Waals surface area contributed by atoms with Crippen LogP contribution in [0.25, 0.3) is 21.8 Å². The summed E-state index contributed by atoms with van der Waals surface area (Å²) in [6.45, 7) is 6.27. The van der Waals surface area contributed by atoms with E-state index in [1.54, 1.807) is 0 Å². The summed E-state index contributed by atoms with van der Waals surface area (Å²) in [6.07, 6.45) is 2.67. The molecular formula is C28H30N2O. The van der Waals surface area contributed by atoms with Gasteiger partial charge >= 0.3 is 0 Å². The van der Waals surface area contributed by atoms with E-state index in [4.69, 9.17) is 0 Å². The van der Waals surface area contributed by atoms with Crippen LogP contribution >= 0.6 is 0 Å². The van der Waals surface area contributed by atoms with Crippen LogP contribution in [0.1, 0.15) is 36.5 Å². The van der Waals surface area contributed by atoms with Gasteiger partial charge in [-0.25, -0.2) is 0 Å². The molecule has 0 radical (unpaired) electrons. The average molecular weight is 411 g/mol. The van der Waals surface area contributed by atoms with Gasteiger partial charge in [0.15, 0.2) is 0 Å². The van der Waals surface area contributed by atoms with Crippen LogP contribution in [-0.4, -0.2) is 33.8 Å². The quantitative estimate of drug-likeness (QED) is 0.499. The topological polar surface area (TPSA) is 28.4 Å². The SMILES string of the molecule is CCn1c2ccccc2c2cc(CN3CCC4(CC3)c3ccccc3CC4O)ccc21. The van der Waals surface area contributed by atoms with Gasteiger partial charge in [-0.05, 0) is 74.2 Å². The Labute approximate surface area is 183 Å². The molecule has 0 amide bonds. The van der Waals surface area contributed by atoms with Crippen molar-refractivity contribution in [3.63, 3.8) is 0 Å². The van der Waals surface area contributed by atoms with E-state index in [1.165, 1.54) is 38.5 Å². The monoisotopic (exact) mass is 410 g/mol. The molecule has 4 aromatic rings. The number of aryl methyl sites for hydroxylation is 1. The molecule has 1 aliphatic heterocycles. The first-order valence-electron chi connectivity index (χ1n) is 11.7. The highest BCUT2D eigenvalue weighted by atomic mass is 16.3. The van der Waals surface area contributed by atoms with Crippen molar-refractivity contribution in [2.45, 2.75) is 50.8 Å². The van der Waals surface area contributed by atoms with Crippen LogP contribution in [0.5, 0.6) is 0 Å². The van der Waals surface area contributed by atoms with E-state index in [2.05, 4.69) is 83.1 Å². The van der Waals surface area contributed by atoms with Crippen molar-refractivity contribution < 1.29 is 5.11 Å². The fourth-order valence-electron chi connectivity index (χ4n) is 6.28. The first-order valence-corrected chi connectivity index (χ1v) is 11.7. The number of aliphatic hydroxyl groups excluding tert-OH is 1. The predicted octanol–water partition coefficient (Wildman–Crippen LogP) is 5.27. The lowest BCUT2D eigenvalue weighted by molar-refractivity contribution is 0.0414. The molecule has 1 spiro atoms. The zero-order chi connectivity index (χ0) is 21.0. The second-order valence-electron chi connectivity index (χ2n) is 9.42. The van der Waals surface area contributed by atoms with Gasteiger partial charge in [0, 0.05) is 40.3 Å². The summed E-state index contributed by atoms with van der Waals surface area (Å²) in [5.41, 5.74) is 6.75. The number of hydrogen-bond donors (Lipinski definition) is 1. The van der Waals surface area contributed by atoms with E-state index in [1.807, 2.05) is 0 Å². The van der Waals surface area contributed by atoms with Gasteiger partial charge in [0.05, 0.1) is 6.10 Å². The Hall–Kier alpha value is -2.62. The molecule has 6 rings (SSSR count). The van der Waals surface area contributed by atoms with Crippen LogP contribution in [0.4, 0.5) is 0 Å². The van der Waals surface area contributed by atoms with Gasteiger partial charge in [0.1, 0.15) is 0 Å². The summed E-state index contributed by atoms with van der Waals surface area (Å²) < 4.78 is 2.41. The van der Waals surface area contributed by atoms with Gasteiger partial charge < -0.3 is 9.67 Å². The van der Waals surface area contributed by atoms with Crippen molar-refractivity contribution in [3.05, 3.63) is 83.4 Å². The van der Waals surface area contributed by atoms with Gasteiger partial charge in [0.25, 0.3) is 0 Å². The van der Waals surface area contributed by atoms with Gasteiger partial charge in [0.2, 0.25) is 0 Å². The van der Waals surface area contributed by atoms with E-state index in [0.29, 0.717) is 0 Å². The Morgan fingerprint density at radius 1 is 0.903 bits per heavy atom. The first-order chi connectivity index (χ1) is 15.2. The number of likely N-dealkylation sites (tertiary alicyclic amines) is 1. The standard InChI is InChI=1S/C28H30N2O/c1-2-30-25-10-6-4-8-22(25)23-17-20(11-12-26(23)30)19-29-15-13-28(14-16-29)24-9-5-3-7-21(24)18-27(28)31/h3-12,17,27,31H,2,13-16,18-19H2,1H3. The second kappa shape index (κ2) is 7.22. The molecule has 2 heterocycles. The van der Waals surface area contributed by atoms with Crippen LogP contribution < -0.4 is 0 Å². The van der Waals surface area contributed by atoms with Crippen LogP contribution in [0, 0.1) is 0 Å². The highest BCUT2D eigenvalue weighted by Gasteiger charge is 2.47. The summed E-state index contributed by atoms with van der Waals surface area (Å²) >= 11 is 0. The van der Waals surface area contributed by atoms with Crippen molar-refractivity contribution in [2.75, 3.05) is 13.1 Å². The number of para-hydroxylation sites is 1. The maximum atomic E-state index is 10.9. The molecule has 0 saturated carbocycles. The number of rotatable bonds is 3. The minimum Gasteiger partial charge on any atom is -0.392 e. The molecule has 1 aliphatic carbocycles. The molecule has 3 aromatic carbocycles. The van der Waals surface area contributed by atoms with Crippen molar-refractivity contribution in [2.24, 2.45) is 0 Å². The summed E-state index contributed by atoms with van der Waals surface area (Å²) in [5.74, 6) is 0. The number of aliphatic hydroxyl groups is 1. The zero-order valence-electron chi connectivity index (χ0n) is 18.2. The number of aromatic nitrogens is 1. The molecule has 1 N–H and O–H groups in total.